The molecule has 1 aliphatic rings. The SMILES string of the molecule is CCOC(=O)CCc1csc(N2CCCC2C)n1. The highest BCUT2D eigenvalue weighted by Crippen LogP contribution is 2.28. The van der Waals surface area contributed by atoms with Crippen LogP contribution in [0.25, 0.3) is 0 Å². The van der Waals surface area contributed by atoms with Crippen molar-refractivity contribution in [1.29, 1.82) is 0 Å². The molecule has 0 spiro atoms. The average molecular weight is 268 g/mol. The Bertz CT molecular complexity index is 405. The van der Waals surface area contributed by atoms with E-state index < -0.39 is 0 Å². The second-order valence-corrected chi connectivity index (χ2v) is 5.45. The summed E-state index contributed by atoms with van der Waals surface area (Å²) in [4.78, 5) is 18.2. The maximum atomic E-state index is 11.3. The van der Waals surface area contributed by atoms with Gasteiger partial charge in [0.2, 0.25) is 0 Å². The highest BCUT2D eigenvalue weighted by Gasteiger charge is 2.22. The van der Waals surface area contributed by atoms with E-state index in [1.54, 1.807) is 11.3 Å². The van der Waals surface area contributed by atoms with Gasteiger partial charge in [-0.05, 0) is 26.7 Å². The van der Waals surface area contributed by atoms with Gasteiger partial charge >= 0.3 is 5.97 Å². The zero-order valence-electron chi connectivity index (χ0n) is 11.0. The molecule has 0 aromatic carbocycles. The van der Waals surface area contributed by atoms with Crippen LogP contribution < -0.4 is 4.90 Å². The van der Waals surface area contributed by atoms with Gasteiger partial charge in [-0.2, -0.15) is 0 Å². The number of aromatic nitrogens is 1. The summed E-state index contributed by atoms with van der Waals surface area (Å²) in [5, 5.41) is 3.15. The van der Waals surface area contributed by atoms with Crippen molar-refractivity contribution in [1.82, 2.24) is 4.98 Å². The summed E-state index contributed by atoms with van der Waals surface area (Å²) >= 11 is 1.68. The Hall–Kier alpha value is -1.10. The summed E-state index contributed by atoms with van der Waals surface area (Å²) in [6.45, 7) is 5.62. The van der Waals surface area contributed by atoms with E-state index in [9.17, 15) is 4.79 Å². The summed E-state index contributed by atoms with van der Waals surface area (Å²) in [5.74, 6) is -0.137. The van der Waals surface area contributed by atoms with Crippen LogP contribution in [-0.2, 0) is 16.0 Å². The van der Waals surface area contributed by atoms with Crippen LogP contribution in [0.1, 0.15) is 38.8 Å². The van der Waals surface area contributed by atoms with Crippen LogP contribution in [0.2, 0.25) is 0 Å². The number of ether oxygens (including phenoxy) is 1. The molecule has 5 heteroatoms. The predicted molar refractivity (Wildman–Crippen MR) is 73.1 cm³/mol. The number of hydrogen-bond acceptors (Lipinski definition) is 5. The van der Waals surface area contributed by atoms with Crippen LogP contribution in [0.4, 0.5) is 5.13 Å². The number of anilines is 1. The van der Waals surface area contributed by atoms with Gasteiger partial charge in [-0.25, -0.2) is 4.98 Å². The first kappa shape index (κ1) is 13.3. The highest BCUT2D eigenvalue weighted by molar-refractivity contribution is 7.13. The van der Waals surface area contributed by atoms with Gasteiger partial charge in [0.1, 0.15) is 0 Å². The molecular weight excluding hydrogens is 248 g/mol. The van der Waals surface area contributed by atoms with Crippen molar-refractivity contribution in [3.63, 3.8) is 0 Å². The zero-order valence-corrected chi connectivity index (χ0v) is 11.8. The van der Waals surface area contributed by atoms with Gasteiger partial charge in [-0.1, -0.05) is 0 Å². The molecule has 1 aromatic rings. The third kappa shape index (κ3) is 3.22. The smallest absolute Gasteiger partial charge is 0.306 e. The second-order valence-electron chi connectivity index (χ2n) is 4.61. The summed E-state index contributed by atoms with van der Waals surface area (Å²) in [6.07, 6.45) is 3.60. The predicted octanol–water partition coefficient (Wildman–Crippen LogP) is 2.63. The Balaban J connectivity index is 1.88. The Morgan fingerprint density at radius 3 is 3.17 bits per heavy atom. The van der Waals surface area contributed by atoms with Crippen molar-refractivity contribution in [2.24, 2.45) is 0 Å². The summed E-state index contributed by atoms with van der Waals surface area (Å²) in [5.41, 5.74) is 1.00. The first-order valence-electron chi connectivity index (χ1n) is 6.57. The van der Waals surface area contributed by atoms with Crippen LogP contribution >= 0.6 is 11.3 Å². The molecule has 0 N–H and O–H groups in total. The third-order valence-electron chi connectivity index (χ3n) is 3.23. The zero-order chi connectivity index (χ0) is 13.0. The molecule has 0 amide bonds. The van der Waals surface area contributed by atoms with Crippen molar-refractivity contribution in [2.75, 3.05) is 18.1 Å². The van der Waals surface area contributed by atoms with Gasteiger partial charge in [-0.3, -0.25) is 4.79 Å². The lowest BCUT2D eigenvalue weighted by molar-refractivity contribution is -0.143. The van der Waals surface area contributed by atoms with E-state index in [2.05, 4.69) is 22.2 Å². The highest BCUT2D eigenvalue weighted by atomic mass is 32.1. The molecule has 0 aliphatic carbocycles. The minimum absolute atomic E-state index is 0.137. The first-order chi connectivity index (χ1) is 8.70. The van der Waals surface area contributed by atoms with E-state index >= 15 is 0 Å². The molecule has 2 rings (SSSR count). The molecule has 4 nitrogen and oxygen atoms in total. The molecule has 2 heterocycles. The molecule has 1 fully saturated rings. The van der Waals surface area contributed by atoms with Crippen LogP contribution in [0.3, 0.4) is 0 Å². The molecule has 0 radical (unpaired) electrons. The van der Waals surface area contributed by atoms with Crippen LogP contribution in [0.5, 0.6) is 0 Å². The van der Waals surface area contributed by atoms with E-state index in [0.717, 1.165) is 17.4 Å². The molecule has 100 valence electrons. The van der Waals surface area contributed by atoms with Crippen LogP contribution in [-0.4, -0.2) is 30.1 Å². The van der Waals surface area contributed by atoms with Gasteiger partial charge in [0.15, 0.2) is 5.13 Å². The van der Waals surface area contributed by atoms with Crippen LogP contribution in [0, 0.1) is 0 Å². The van der Waals surface area contributed by atoms with E-state index in [1.807, 2.05) is 6.92 Å². The fourth-order valence-electron chi connectivity index (χ4n) is 2.22. The van der Waals surface area contributed by atoms with Gasteiger partial charge in [-0.15, -0.1) is 11.3 Å². The monoisotopic (exact) mass is 268 g/mol. The number of aryl methyl sites for hydroxylation is 1. The van der Waals surface area contributed by atoms with Crippen molar-refractivity contribution in [3.05, 3.63) is 11.1 Å². The van der Waals surface area contributed by atoms with Crippen molar-refractivity contribution >= 4 is 22.4 Å². The lowest BCUT2D eigenvalue weighted by Crippen LogP contribution is -2.26. The number of esters is 1. The quantitative estimate of drug-likeness (QED) is 0.770. The van der Waals surface area contributed by atoms with Crippen molar-refractivity contribution in [3.8, 4) is 0 Å². The van der Waals surface area contributed by atoms with Crippen LogP contribution in [0.15, 0.2) is 5.38 Å². The summed E-state index contributed by atoms with van der Waals surface area (Å²) in [7, 11) is 0. The Morgan fingerprint density at radius 1 is 1.67 bits per heavy atom. The van der Waals surface area contributed by atoms with E-state index in [0.29, 0.717) is 25.5 Å². The summed E-state index contributed by atoms with van der Waals surface area (Å²) in [6, 6.07) is 0.592. The maximum absolute atomic E-state index is 11.3. The average Bonchev–Trinajstić information content (AvgIpc) is 2.95. The Labute approximate surface area is 112 Å². The minimum atomic E-state index is -0.137. The number of carbonyl (C=O) groups is 1. The lowest BCUT2D eigenvalue weighted by atomic mass is 10.2. The number of rotatable bonds is 5. The normalized spacial score (nSPS) is 19.2. The van der Waals surface area contributed by atoms with Crippen molar-refractivity contribution < 1.29 is 9.53 Å². The van der Waals surface area contributed by atoms with E-state index in [1.165, 1.54) is 12.8 Å². The second kappa shape index (κ2) is 6.18. The molecular formula is C13H20N2O2S. The largest absolute Gasteiger partial charge is 0.466 e. The Kier molecular flexibility index (Phi) is 4.58. The van der Waals surface area contributed by atoms with Crippen molar-refractivity contribution in [2.45, 2.75) is 45.6 Å². The summed E-state index contributed by atoms with van der Waals surface area (Å²) < 4.78 is 4.91. The minimum Gasteiger partial charge on any atom is -0.466 e. The topological polar surface area (TPSA) is 42.4 Å². The fourth-order valence-corrected chi connectivity index (χ4v) is 3.21. The molecule has 1 unspecified atom stereocenters. The third-order valence-corrected chi connectivity index (χ3v) is 4.16. The maximum Gasteiger partial charge on any atom is 0.306 e. The van der Waals surface area contributed by atoms with E-state index in [4.69, 9.17) is 4.74 Å². The van der Waals surface area contributed by atoms with E-state index in [-0.39, 0.29) is 5.97 Å². The number of hydrogen-bond donors (Lipinski definition) is 0. The van der Waals surface area contributed by atoms with Gasteiger partial charge in [0, 0.05) is 24.4 Å². The first-order valence-corrected chi connectivity index (χ1v) is 7.45. The van der Waals surface area contributed by atoms with Gasteiger partial charge < -0.3 is 9.64 Å². The fraction of sp³-hybridized carbons (Fsp3) is 0.692. The lowest BCUT2D eigenvalue weighted by Gasteiger charge is -2.19. The molecule has 1 aliphatic heterocycles. The molecule has 1 atom stereocenters. The number of thiazole rings is 1. The molecule has 0 saturated carbocycles. The number of carbonyl (C=O) groups excluding carboxylic acids is 1. The number of nitrogens with zero attached hydrogens (tertiary/aromatic N) is 2. The molecule has 1 saturated heterocycles. The molecule has 1 aromatic heterocycles. The van der Waals surface area contributed by atoms with Gasteiger partial charge in [0.05, 0.1) is 18.7 Å². The molecule has 18 heavy (non-hydrogen) atoms. The Morgan fingerprint density at radius 2 is 2.50 bits per heavy atom. The standard InChI is InChI=1S/C13H20N2O2S/c1-3-17-12(16)7-6-11-9-18-13(14-11)15-8-4-5-10(15)2/h9-10H,3-8H2,1-2H3. The van der Waals surface area contributed by atoms with Gasteiger partial charge in [0.25, 0.3) is 0 Å². The molecule has 0 bridgehead atoms.